The first kappa shape index (κ1) is 30.9. The number of aromatic nitrogens is 4. The minimum Gasteiger partial charge on any atom is -0.463 e. The summed E-state index contributed by atoms with van der Waals surface area (Å²) in [6.07, 6.45) is -0.468. The van der Waals surface area contributed by atoms with Crippen LogP contribution >= 0.6 is 0 Å². The maximum Gasteiger partial charge on any atom is 0.303 e. The van der Waals surface area contributed by atoms with E-state index in [2.05, 4.69) is 15.6 Å². The molecule has 0 spiro atoms. The molecule has 1 aliphatic carbocycles. The molecule has 0 radical (unpaired) electrons. The summed E-state index contributed by atoms with van der Waals surface area (Å²) >= 11 is 0. The number of esters is 4. The van der Waals surface area contributed by atoms with Gasteiger partial charge in [0, 0.05) is 44.5 Å². The Hall–Kier alpha value is -4.59. The quantitative estimate of drug-likeness (QED) is 0.278. The molecule has 234 valence electrons. The standard InChI is InChI=1S/C30H35N5O9/c1-16(36)40-15-25-27(41-17(2)37)28(42-18(3)38)29(43-19(4)39)30(44-25)35-14-20(33-34-35)13-31-26-21-9-5-7-11-23(21)32-24-12-8-6-10-22(24)26/h5,7,9,11,14,25,27-30H,6,8,10,12-13,15H2,1-4H3,(H,31,32)/t25-,27-,28+,29-,30+/m1/s1. The van der Waals surface area contributed by atoms with E-state index in [9.17, 15) is 19.2 Å². The molecule has 5 atom stereocenters. The Kier molecular flexibility index (Phi) is 9.37. The van der Waals surface area contributed by atoms with Gasteiger partial charge in [-0.05, 0) is 37.3 Å². The summed E-state index contributed by atoms with van der Waals surface area (Å²) in [6.45, 7) is 4.71. The van der Waals surface area contributed by atoms with Gasteiger partial charge < -0.3 is 29.0 Å². The molecule has 14 nitrogen and oxygen atoms in total. The number of carbonyl (C=O) groups is 4. The summed E-state index contributed by atoms with van der Waals surface area (Å²) in [5, 5.41) is 13.1. The molecule has 1 aromatic carbocycles. The zero-order chi connectivity index (χ0) is 31.4. The van der Waals surface area contributed by atoms with Crippen LogP contribution < -0.4 is 5.32 Å². The minimum absolute atomic E-state index is 0.311. The van der Waals surface area contributed by atoms with E-state index in [4.69, 9.17) is 28.7 Å². The number of hydrogen-bond acceptors (Lipinski definition) is 13. The van der Waals surface area contributed by atoms with Crippen molar-refractivity contribution < 1.29 is 42.9 Å². The molecule has 1 aliphatic heterocycles. The molecule has 1 fully saturated rings. The normalized spacial score (nSPS) is 22.9. The number of nitrogens with zero attached hydrogens (tertiary/aromatic N) is 4. The van der Waals surface area contributed by atoms with Gasteiger partial charge in [-0.3, -0.25) is 24.2 Å². The highest BCUT2D eigenvalue weighted by molar-refractivity contribution is 5.93. The largest absolute Gasteiger partial charge is 0.463 e. The van der Waals surface area contributed by atoms with Crippen LogP contribution in [0.2, 0.25) is 0 Å². The molecule has 3 aromatic rings. The fourth-order valence-corrected chi connectivity index (χ4v) is 5.69. The second kappa shape index (κ2) is 13.4. The van der Waals surface area contributed by atoms with Crippen LogP contribution in [0.15, 0.2) is 30.5 Å². The van der Waals surface area contributed by atoms with Gasteiger partial charge in [-0.1, -0.05) is 23.4 Å². The summed E-state index contributed by atoms with van der Waals surface area (Å²) in [7, 11) is 0. The number of ether oxygens (including phenoxy) is 5. The Morgan fingerprint density at radius 3 is 2.32 bits per heavy atom. The van der Waals surface area contributed by atoms with Crippen molar-refractivity contribution in [3.05, 3.63) is 47.4 Å². The van der Waals surface area contributed by atoms with Crippen molar-refractivity contribution in [2.75, 3.05) is 11.9 Å². The van der Waals surface area contributed by atoms with Crippen LogP contribution in [-0.4, -0.2) is 74.9 Å². The number of carbonyl (C=O) groups excluding carboxylic acids is 4. The summed E-state index contributed by atoms with van der Waals surface area (Å²) in [5.41, 5.74) is 4.76. The number of nitrogens with one attached hydrogen (secondary N) is 1. The Labute approximate surface area is 253 Å². The zero-order valence-corrected chi connectivity index (χ0v) is 25.0. The van der Waals surface area contributed by atoms with Crippen LogP contribution in [0.1, 0.15) is 63.7 Å². The highest BCUT2D eigenvalue weighted by atomic mass is 16.7. The third-order valence-corrected chi connectivity index (χ3v) is 7.40. The topological polar surface area (TPSA) is 170 Å². The molecule has 3 heterocycles. The SMILES string of the molecule is CC(=O)OC[C@H]1O[C@H](n2cc(CNc3c4c(nc5ccccc35)CCCC4)nn2)[C@H](OC(C)=O)[C@@H](OC(C)=O)[C@@H]1OC(C)=O. The molecular weight excluding hydrogens is 574 g/mol. The van der Waals surface area contributed by atoms with Gasteiger partial charge in [0.25, 0.3) is 0 Å². The first-order valence-electron chi connectivity index (χ1n) is 14.5. The highest BCUT2D eigenvalue weighted by Gasteiger charge is 2.53. The van der Waals surface area contributed by atoms with E-state index in [1.54, 1.807) is 6.20 Å². The molecule has 0 bridgehead atoms. The van der Waals surface area contributed by atoms with Gasteiger partial charge in [0.2, 0.25) is 0 Å². The number of rotatable bonds is 9. The average Bonchev–Trinajstić information content (AvgIpc) is 3.44. The van der Waals surface area contributed by atoms with Gasteiger partial charge in [-0.25, -0.2) is 4.68 Å². The number of fused-ring (bicyclic) bond motifs is 2. The summed E-state index contributed by atoms with van der Waals surface area (Å²) < 4.78 is 29.2. The number of aryl methyl sites for hydroxylation is 1. The van der Waals surface area contributed by atoms with E-state index in [1.165, 1.54) is 37.9 Å². The lowest BCUT2D eigenvalue weighted by Crippen LogP contribution is -2.60. The van der Waals surface area contributed by atoms with Crippen molar-refractivity contribution in [2.45, 2.75) is 90.6 Å². The van der Waals surface area contributed by atoms with E-state index in [0.717, 1.165) is 48.0 Å². The third-order valence-electron chi connectivity index (χ3n) is 7.40. The van der Waals surface area contributed by atoms with Crippen molar-refractivity contribution in [3.8, 4) is 0 Å². The van der Waals surface area contributed by atoms with Gasteiger partial charge in [-0.2, -0.15) is 0 Å². The smallest absolute Gasteiger partial charge is 0.303 e. The van der Waals surface area contributed by atoms with Crippen LogP contribution in [-0.2, 0) is 62.2 Å². The van der Waals surface area contributed by atoms with E-state index in [-0.39, 0.29) is 6.61 Å². The van der Waals surface area contributed by atoms with Crippen molar-refractivity contribution in [2.24, 2.45) is 0 Å². The fraction of sp³-hybridized carbons (Fsp3) is 0.500. The van der Waals surface area contributed by atoms with Crippen molar-refractivity contribution in [3.63, 3.8) is 0 Å². The van der Waals surface area contributed by atoms with Gasteiger partial charge >= 0.3 is 23.9 Å². The van der Waals surface area contributed by atoms with Crippen molar-refractivity contribution >= 4 is 40.5 Å². The van der Waals surface area contributed by atoms with Crippen LogP contribution in [0.4, 0.5) is 5.69 Å². The molecule has 1 N–H and O–H groups in total. The van der Waals surface area contributed by atoms with Gasteiger partial charge in [-0.15, -0.1) is 5.10 Å². The lowest BCUT2D eigenvalue weighted by atomic mass is 9.92. The number of anilines is 1. The Morgan fingerprint density at radius 2 is 1.59 bits per heavy atom. The predicted molar refractivity (Wildman–Crippen MR) is 153 cm³/mol. The Morgan fingerprint density at radius 1 is 0.909 bits per heavy atom. The number of hydrogen-bond donors (Lipinski definition) is 1. The molecule has 14 heteroatoms. The first-order valence-corrected chi connectivity index (χ1v) is 14.5. The first-order chi connectivity index (χ1) is 21.1. The fourth-order valence-electron chi connectivity index (χ4n) is 5.69. The lowest BCUT2D eigenvalue weighted by Gasteiger charge is -2.44. The van der Waals surface area contributed by atoms with E-state index >= 15 is 0 Å². The van der Waals surface area contributed by atoms with Gasteiger partial charge in [0.05, 0.1) is 18.3 Å². The minimum atomic E-state index is -1.31. The van der Waals surface area contributed by atoms with E-state index in [0.29, 0.717) is 12.2 Å². The van der Waals surface area contributed by atoms with E-state index < -0.39 is 54.5 Å². The van der Waals surface area contributed by atoms with E-state index in [1.807, 2.05) is 24.3 Å². The molecule has 1 saturated heterocycles. The third kappa shape index (κ3) is 6.96. The zero-order valence-electron chi connectivity index (χ0n) is 25.0. The van der Waals surface area contributed by atoms with Crippen LogP contribution in [0.25, 0.3) is 10.9 Å². The summed E-state index contributed by atoms with van der Waals surface area (Å²) in [5.74, 6) is -2.72. The van der Waals surface area contributed by atoms with Gasteiger partial charge in [0.1, 0.15) is 18.4 Å². The monoisotopic (exact) mass is 609 g/mol. The lowest BCUT2D eigenvalue weighted by molar-refractivity contribution is -0.270. The molecule has 0 saturated carbocycles. The highest BCUT2D eigenvalue weighted by Crippen LogP contribution is 2.36. The van der Waals surface area contributed by atoms with Gasteiger partial charge in [0.15, 0.2) is 24.5 Å². The maximum absolute atomic E-state index is 12.2. The van der Waals surface area contributed by atoms with Crippen molar-refractivity contribution in [1.82, 2.24) is 20.0 Å². The molecule has 0 unspecified atom stereocenters. The Balaban J connectivity index is 1.45. The number of pyridine rings is 1. The summed E-state index contributed by atoms with van der Waals surface area (Å²) in [6, 6.07) is 7.97. The molecule has 2 aromatic heterocycles. The molecule has 5 rings (SSSR count). The molecule has 2 aliphatic rings. The maximum atomic E-state index is 12.2. The van der Waals surface area contributed by atoms with Crippen molar-refractivity contribution in [1.29, 1.82) is 0 Å². The average molecular weight is 610 g/mol. The molecule has 0 amide bonds. The second-order valence-corrected chi connectivity index (χ2v) is 10.8. The summed E-state index contributed by atoms with van der Waals surface area (Å²) in [4.78, 5) is 52.8. The number of benzene rings is 1. The van der Waals surface area contributed by atoms with Crippen LogP contribution in [0.5, 0.6) is 0 Å². The second-order valence-electron chi connectivity index (χ2n) is 10.8. The predicted octanol–water partition coefficient (Wildman–Crippen LogP) is 2.57. The van der Waals surface area contributed by atoms with Crippen LogP contribution in [0, 0.1) is 0 Å². The van der Waals surface area contributed by atoms with Crippen LogP contribution in [0.3, 0.4) is 0 Å². The number of para-hydroxylation sites is 1. The molecular formula is C30H35N5O9. The molecule has 44 heavy (non-hydrogen) atoms. The Bertz CT molecular complexity index is 1560.